The Morgan fingerprint density at radius 3 is 2.44 bits per heavy atom. The number of halogens is 2. The highest BCUT2D eigenvalue weighted by atomic mass is 19.1. The summed E-state index contributed by atoms with van der Waals surface area (Å²) in [7, 11) is 0. The van der Waals surface area contributed by atoms with E-state index in [1.807, 2.05) is 26.8 Å². The Labute approximate surface area is 183 Å². The molecule has 3 aromatic rings. The SMILES string of the molecule is CC(C)(C)c1cc(NC(=O)Nc2cc(F)cc(F)c2)n(-c2ccc3c(c2)CCC(=O)N3)n1. The lowest BCUT2D eigenvalue weighted by Gasteiger charge is -2.18. The van der Waals surface area contributed by atoms with E-state index < -0.39 is 17.7 Å². The summed E-state index contributed by atoms with van der Waals surface area (Å²) in [5, 5.41) is 12.7. The zero-order chi connectivity index (χ0) is 23.0. The number of hydrogen-bond acceptors (Lipinski definition) is 3. The van der Waals surface area contributed by atoms with Gasteiger partial charge in [0.2, 0.25) is 5.91 Å². The number of carbonyl (C=O) groups excluding carboxylic acids is 2. The number of fused-ring (bicyclic) bond motifs is 1. The van der Waals surface area contributed by atoms with Gasteiger partial charge < -0.3 is 10.6 Å². The number of hydrogen-bond donors (Lipinski definition) is 3. The van der Waals surface area contributed by atoms with E-state index in [-0.39, 0.29) is 17.0 Å². The minimum atomic E-state index is -0.790. The Kier molecular flexibility index (Phi) is 5.41. The number of aryl methyl sites for hydroxylation is 1. The predicted octanol–water partition coefficient (Wildman–Crippen LogP) is 4.98. The summed E-state index contributed by atoms with van der Waals surface area (Å²) in [5.74, 6) is -1.21. The van der Waals surface area contributed by atoms with E-state index >= 15 is 0 Å². The molecule has 3 N–H and O–H groups in total. The molecule has 1 aliphatic heterocycles. The standard InChI is InChI=1S/C23H23F2N5O2/c1-23(2,3)19-12-20(28-22(32)26-16-10-14(24)9-15(25)11-16)30(29-19)17-5-6-18-13(8-17)4-7-21(31)27-18/h5-6,8-12H,4,7H2,1-3H3,(H,27,31)(H2,26,28,32). The average Bonchev–Trinajstić information content (AvgIpc) is 3.10. The number of urea groups is 1. The third-order valence-corrected chi connectivity index (χ3v) is 5.07. The lowest BCUT2D eigenvalue weighted by Crippen LogP contribution is -2.22. The van der Waals surface area contributed by atoms with Crippen molar-refractivity contribution in [2.24, 2.45) is 0 Å². The molecule has 32 heavy (non-hydrogen) atoms. The van der Waals surface area contributed by atoms with E-state index in [1.165, 1.54) is 0 Å². The van der Waals surface area contributed by atoms with Crippen LogP contribution in [0.15, 0.2) is 42.5 Å². The van der Waals surface area contributed by atoms with Gasteiger partial charge in [-0.2, -0.15) is 5.10 Å². The fourth-order valence-corrected chi connectivity index (χ4v) is 3.44. The number of benzene rings is 2. The second-order valence-corrected chi connectivity index (χ2v) is 8.70. The van der Waals surface area contributed by atoms with Crippen LogP contribution in [-0.2, 0) is 16.6 Å². The van der Waals surface area contributed by atoms with Crippen molar-refractivity contribution in [2.45, 2.75) is 39.0 Å². The van der Waals surface area contributed by atoms with E-state index in [0.717, 1.165) is 35.1 Å². The van der Waals surface area contributed by atoms with Crippen LogP contribution in [-0.4, -0.2) is 21.7 Å². The Hall–Kier alpha value is -3.75. The van der Waals surface area contributed by atoms with Gasteiger partial charge in [0.1, 0.15) is 17.5 Å². The van der Waals surface area contributed by atoms with Gasteiger partial charge in [0.25, 0.3) is 0 Å². The number of nitrogens with one attached hydrogen (secondary N) is 3. The van der Waals surface area contributed by atoms with Gasteiger partial charge in [-0.05, 0) is 42.3 Å². The molecule has 0 atom stereocenters. The summed E-state index contributed by atoms with van der Waals surface area (Å²) < 4.78 is 28.5. The van der Waals surface area contributed by atoms with Crippen LogP contribution in [0.25, 0.3) is 5.69 Å². The molecule has 7 nitrogen and oxygen atoms in total. The summed E-state index contributed by atoms with van der Waals surface area (Å²) in [6.45, 7) is 6.00. The first-order valence-corrected chi connectivity index (χ1v) is 10.2. The van der Waals surface area contributed by atoms with E-state index in [2.05, 4.69) is 21.0 Å². The molecule has 4 rings (SSSR count). The molecule has 1 aliphatic rings. The predicted molar refractivity (Wildman–Crippen MR) is 118 cm³/mol. The number of nitrogens with zero attached hydrogens (tertiary/aromatic N) is 2. The second-order valence-electron chi connectivity index (χ2n) is 8.70. The zero-order valence-electron chi connectivity index (χ0n) is 17.9. The smallest absolute Gasteiger partial charge is 0.324 e. The van der Waals surface area contributed by atoms with Crippen LogP contribution in [0.4, 0.5) is 30.8 Å². The highest BCUT2D eigenvalue weighted by Crippen LogP contribution is 2.30. The van der Waals surface area contributed by atoms with Crippen LogP contribution in [0.2, 0.25) is 0 Å². The van der Waals surface area contributed by atoms with Gasteiger partial charge in [0.05, 0.1) is 11.4 Å². The van der Waals surface area contributed by atoms with Crippen molar-refractivity contribution in [3.63, 3.8) is 0 Å². The van der Waals surface area contributed by atoms with Crippen molar-refractivity contribution in [1.82, 2.24) is 9.78 Å². The van der Waals surface area contributed by atoms with Crippen LogP contribution in [0.1, 0.15) is 38.4 Å². The Morgan fingerprint density at radius 2 is 1.75 bits per heavy atom. The van der Waals surface area contributed by atoms with Crippen molar-refractivity contribution in [3.05, 3.63) is 65.4 Å². The van der Waals surface area contributed by atoms with Crippen LogP contribution < -0.4 is 16.0 Å². The maximum Gasteiger partial charge on any atom is 0.324 e. The van der Waals surface area contributed by atoms with Crippen molar-refractivity contribution in [1.29, 1.82) is 0 Å². The number of carbonyl (C=O) groups is 2. The van der Waals surface area contributed by atoms with Crippen molar-refractivity contribution < 1.29 is 18.4 Å². The molecule has 3 amide bonds. The molecule has 0 fully saturated rings. The normalized spacial score (nSPS) is 13.3. The number of aromatic nitrogens is 2. The largest absolute Gasteiger partial charge is 0.326 e. The van der Waals surface area contributed by atoms with Gasteiger partial charge in [-0.25, -0.2) is 18.3 Å². The third kappa shape index (κ3) is 4.61. The van der Waals surface area contributed by atoms with Gasteiger partial charge in [-0.3, -0.25) is 10.1 Å². The van der Waals surface area contributed by atoms with Gasteiger partial charge in [-0.15, -0.1) is 0 Å². The highest BCUT2D eigenvalue weighted by Gasteiger charge is 2.23. The molecule has 2 aromatic carbocycles. The fourth-order valence-electron chi connectivity index (χ4n) is 3.44. The molecule has 0 bridgehead atoms. The molecule has 0 saturated carbocycles. The maximum atomic E-state index is 13.4. The summed E-state index contributed by atoms with van der Waals surface area (Å²) >= 11 is 0. The van der Waals surface area contributed by atoms with Gasteiger partial charge in [0.15, 0.2) is 0 Å². The topological polar surface area (TPSA) is 88.0 Å². The van der Waals surface area contributed by atoms with Gasteiger partial charge >= 0.3 is 6.03 Å². The fraction of sp³-hybridized carbons (Fsp3) is 0.261. The number of rotatable bonds is 3. The van der Waals surface area contributed by atoms with Crippen LogP contribution in [0.3, 0.4) is 0 Å². The quantitative estimate of drug-likeness (QED) is 0.538. The van der Waals surface area contributed by atoms with Crippen molar-refractivity contribution in [2.75, 3.05) is 16.0 Å². The summed E-state index contributed by atoms with van der Waals surface area (Å²) in [4.78, 5) is 24.2. The van der Waals surface area contributed by atoms with Crippen LogP contribution in [0, 0.1) is 11.6 Å². The molecule has 2 heterocycles. The number of amides is 3. The molecule has 0 unspecified atom stereocenters. The van der Waals surface area contributed by atoms with E-state index in [1.54, 1.807) is 22.9 Å². The molecule has 9 heteroatoms. The van der Waals surface area contributed by atoms with Gasteiger partial charge in [0, 0.05) is 35.3 Å². The molecular formula is C23H23F2N5O2. The van der Waals surface area contributed by atoms with Crippen molar-refractivity contribution in [3.8, 4) is 5.69 Å². The summed E-state index contributed by atoms with van der Waals surface area (Å²) in [6, 6.07) is 9.39. The van der Waals surface area contributed by atoms with Crippen LogP contribution in [0.5, 0.6) is 0 Å². The van der Waals surface area contributed by atoms with Crippen LogP contribution >= 0.6 is 0 Å². The molecule has 0 saturated heterocycles. The molecule has 1 aromatic heterocycles. The third-order valence-electron chi connectivity index (χ3n) is 5.07. The monoisotopic (exact) mass is 439 g/mol. The highest BCUT2D eigenvalue weighted by molar-refractivity contribution is 5.99. The lowest BCUT2D eigenvalue weighted by atomic mass is 9.92. The first-order valence-electron chi connectivity index (χ1n) is 10.2. The second kappa shape index (κ2) is 8.07. The van der Waals surface area contributed by atoms with Crippen molar-refractivity contribution >= 4 is 29.1 Å². The average molecular weight is 439 g/mol. The summed E-state index contributed by atoms with van der Waals surface area (Å²) in [6.07, 6.45) is 1.01. The minimum absolute atomic E-state index is 0.00775. The first kappa shape index (κ1) is 21.5. The minimum Gasteiger partial charge on any atom is -0.326 e. The molecule has 0 radical (unpaired) electrons. The zero-order valence-corrected chi connectivity index (χ0v) is 17.9. The first-order chi connectivity index (χ1) is 15.1. The molecular weight excluding hydrogens is 416 g/mol. The molecule has 166 valence electrons. The van der Waals surface area contributed by atoms with Gasteiger partial charge in [-0.1, -0.05) is 20.8 Å². The van der Waals surface area contributed by atoms with E-state index in [4.69, 9.17) is 0 Å². The molecule has 0 spiro atoms. The van der Waals surface area contributed by atoms with E-state index in [0.29, 0.717) is 24.3 Å². The lowest BCUT2D eigenvalue weighted by molar-refractivity contribution is -0.116. The Bertz CT molecular complexity index is 1190. The maximum absolute atomic E-state index is 13.4. The van der Waals surface area contributed by atoms with E-state index in [9.17, 15) is 18.4 Å². The Morgan fingerprint density at radius 1 is 1.03 bits per heavy atom. The summed E-state index contributed by atoms with van der Waals surface area (Å²) in [5.41, 5.74) is 2.89. The number of anilines is 3. The Balaban J connectivity index is 1.65. The molecule has 0 aliphatic carbocycles.